The van der Waals surface area contributed by atoms with Crippen LogP contribution in [0.5, 0.6) is 0 Å². The molecule has 3 rings (SSSR count). The van der Waals surface area contributed by atoms with Crippen molar-refractivity contribution in [2.45, 2.75) is 44.6 Å². The van der Waals surface area contributed by atoms with E-state index in [4.69, 9.17) is 9.84 Å². The van der Waals surface area contributed by atoms with Crippen molar-refractivity contribution in [1.29, 1.82) is 0 Å². The fraction of sp³-hybridized carbons (Fsp3) is 0.824. The lowest BCUT2D eigenvalue weighted by atomic mass is 9.81. The maximum absolute atomic E-state index is 12.6. The molecule has 1 saturated carbocycles. The van der Waals surface area contributed by atoms with Crippen LogP contribution in [0.2, 0.25) is 0 Å². The number of piperazine rings is 1. The van der Waals surface area contributed by atoms with Gasteiger partial charge in [0.25, 0.3) is 5.91 Å². The van der Waals surface area contributed by atoms with Gasteiger partial charge in [-0.05, 0) is 38.5 Å². The molecule has 0 aromatic rings. The number of amides is 2. The summed E-state index contributed by atoms with van der Waals surface area (Å²) >= 11 is 0. The summed E-state index contributed by atoms with van der Waals surface area (Å²) in [6.45, 7) is 2.92. The summed E-state index contributed by atoms with van der Waals surface area (Å²) in [5, 5.41) is 9.04. The Morgan fingerprint density at radius 2 is 1.33 bits per heavy atom. The number of carboxylic acid groups (broad SMARTS) is 1. The van der Waals surface area contributed by atoms with E-state index in [1.165, 1.54) is 0 Å². The van der Waals surface area contributed by atoms with Gasteiger partial charge in [0.1, 0.15) is 6.10 Å². The monoisotopic (exact) mass is 338 g/mol. The Kier molecular flexibility index (Phi) is 5.38. The zero-order valence-electron chi connectivity index (χ0n) is 14.0. The van der Waals surface area contributed by atoms with E-state index >= 15 is 0 Å². The maximum atomic E-state index is 12.6. The first-order chi connectivity index (χ1) is 11.6. The van der Waals surface area contributed by atoms with Gasteiger partial charge in [0, 0.05) is 38.7 Å². The standard InChI is InChI=1S/C17H26N2O5/c20-15(12-3-5-13(6-4-12)17(22)23)18-7-9-19(10-8-18)16(21)14-2-1-11-24-14/h12-14H,1-11H2,(H,22,23). The summed E-state index contributed by atoms with van der Waals surface area (Å²) in [5.41, 5.74) is 0. The van der Waals surface area contributed by atoms with Gasteiger partial charge in [-0.2, -0.15) is 0 Å². The van der Waals surface area contributed by atoms with E-state index < -0.39 is 5.97 Å². The van der Waals surface area contributed by atoms with E-state index in [2.05, 4.69) is 0 Å². The first kappa shape index (κ1) is 17.2. The highest BCUT2D eigenvalue weighted by atomic mass is 16.5. The lowest BCUT2D eigenvalue weighted by Gasteiger charge is -2.38. The number of carboxylic acids is 1. The van der Waals surface area contributed by atoms with Gasteiger partial charge in [-0.1, -0.05) is 0 Å². The highest BCUT2D eigenvalue weighted by Crippen LogP contribution is 2.30. The van der Waals surface area contributed by atoms with E-state index in [0.29, 0.717) is 58.5 Å². The zero-order chi connectivity index (χ0) is 17.1. The molecular formula is C17H26N2O5. The molecule has 3 aliphatic rings. The van der Waals surface area contributed by atoms with Crippen LogP contribution in [0.25, 0.3) is 0 Å². The second-order valence-electron chi connectivity index (χ2n) is 7.04. The topological polar surface area (TPSA) is 87.2 Å². The molecule has 1 unspecified atom stereocenters. The van der Waals surface area contributed by atoms with Gasteiger partial charge in [0.05, 0.1) is 5.92 Å². The number of nitrogens with zero attached hydrogens (tertiary/aromatic N) is 2. The van der Waals surface area contributed by atoms with Crippen molar-refractivity contribution >= 4 is 17.8 Å². The number of aliphatic carboxylic acids is 1. The lowest BCUT2D eigenvalue weighted by Crippen LogP contribution is -2.54. The Morgan fingerprint density at radius 1 is 0.792 bits per heavy atom. The molecule has 2 aliphatic heterocycles. The van der Waals surface area contributed by atoms with Gasteiger partial charge in [0.2, 0.25) is 5.91 Å². The third-order valence-corrected chi connectivity index (χ3v) is 5.53. The minimum absolute atomic E-state index is 0.0546. The van der Waals surface area contributed by atoms with Gasteiger partial charge >= 0.3 is 5.97 Å². The number of carbonyl (C=O) groups is 3. The Bertz CT molecular complexity index is 487. The summed E-state index contributed by atoms with van der Waals surface area (Å²) < 4.78 is 5.45. The molecule has 7 nitrogen and oxygen atoms in total. The van der Waals surface area contributed by atoms with E-state index in [-0.39, 0.29) is 29.8 Å². The molecule has 2 heterocycles. The molecule has 0 spiro atoms. The zero-order valence-corrected chi connectivity index (χ0v) is 14.0. The largest absolute Gasteiger partial charge is 0.481 e. The smallest absolute Gasteiger partial charge is 0.306 e. The number of hydrogen-bond donors (Lipinski definition) is 1. The van der Waals surface area contributed by atoms with Crippen LogP contribution in [0.4, 0.5) is 0 Å². The van der Waals surface area contributed by atoms with E-state index in [1.54, 1.807) is 4.90 Å². The molecule has 2 amide bonds. The first-order valence-corrected chi connectivity index (χ1v) is 8.98. The van der Waals surface area contributed by atoms with Gasteiger partial charge in [0.15, 0.2) is 0 Å². The van der Waals surface area contributed by atoms with E-state index in [1.807, 2.05) is 4.90 Å². The Morgan fingerprint density at radius 3 is 1.83 bits per heavy atom. The third-order valence-electron chi connectivity index (χ3n) is 5.53. The number of hydrogen-bond acceptors (Lipinski definition) is 4. The lowest BCUT2D eigenvalue weighted by molar-refractivity contribution is -0.149. The summed E-state index contributed by atoms with van der Waals surface area (Å²) in [6, 6.07) is 0. The molecule has 1 atom stereocenters. The number of carbonyl (C=O) groups excluding carboxylic acids is 2. The van der Waals surface area contributed by atoms with Crippen LogP contribution in [0.15, 0.2) is 0 Å². The minimum atomic E-state index is -0.748. The van der Waals surface area contributed by atoms with Crippen LogP contribution in [-0.2, 0) is 19.1 Å². The van der Waals surface area contributed by atoms with E-state index in [9.17, 15) is 14.4 Å². The average Bonchev–Trinajstić information content (AvgIpc) is 3.15. The van der Waals surface area contributed by atoms with Gasteiger partial charge in [-0.15, -0.1) is 0 Å². The molecule has 1 aliphatic carbocycles. The molecule has 0 aromatic carbocycles. The normalized spacial score (nSPS) is 31.1. The average molecular weight is 338 g/mol. The minimum Gasteiger partial charge on any atom is -0.481 e. The van der Waals surface area contributed by atoms with Crippen LogP contribution >= 0.6 is 0 Å². The molecule has 0 aromatic heterocycles. The van der Waals surface area contributed by atoms with Crippen LogP contribution in [0, 0.1) is 11.8 Å². The predicted molar refractivity (Wildman–Crippen MR) is 85.2 cm³/mol. The molecular weight excluding hydrogens is 312 g/mol. The van der Waals surface area contributed by atoms with Gasteiger partial charge in [-0.3, -0.25) is 14.4 Å². The fourth-order valence-corrected chi connectivity index (χ4v) is 3.97. The quantitative estimate of drug-likeness (QED) is 0.820. The fourth-order valence-electron chi connectivity index (χ4n) is 3.97. The molecule has 1 N–H and O–H groups in total. The van der Waals surface area contributed by atoms with Crippen molar-refractivity contribution in [3.8, 4) is 0 Å². The molecule has 3 fully saturated rings. The molecule has 0 bridgehead atoms. The van der Waals surface area contributed by atoms with Gasteiger partial charge in [-0.25, -0.2) is 0 Å². The number of rotatable bonds is 3. The Balaban J connectivity index is 1.45. The molecule has 24 heavy (non-hydrogen) atoms. The second kappa shape index (κ2) is 7.51. The maximum Gasteiger partial charge on any atom is 0.306 e. The highest BCUT2D eigenvalue weighted by Gasteiger charge is 2.35. The van der Waals surface area contributed by atoms with Crippen molar-refractivity contribution in [3.63, 3.8) is 0 Å². The highest BCUT2D eigenvalue weighted by molar-refractivity contribution is 5.82. The van der Waals surface area contributed by atoms with Crippen molar-refractivity contribution in [2.24, 2.45) is 11.8 Å². The van der Waals surface area contributed by atoms with Crippen molar-refractivity contribution in [1.82, 2.24) is 9.80 Å². The van der Waals surface area contributed by atoms with E-state index in [0.717, 1.165) is 12.8 Å². The van der Waals surface area contributed by atoms with Crippen molar-refractivity contribution in [3.05, 3.63) is 0 Å². The Labute approximate surface area is 141 Å². The summed E-state index contributed by atoms with van der Waals surface area (Å²) in [5.74, 6) is -0.914. The summed E-state index contributed by atoms with van der Waals surface area (Å²) in [6.07, 6.45) is 3.93. The summed E-state index contributed by atoms with van der Waals surface area (Å²) in [7, 11) is 0. The van der Waals surface area contributed by atoms with Gasteiger partial charge < -0.3 is 19.6 Å². The molecule has 7 heteroatoms. The predicted octanol–water partition coefficient (Wildman–Crippen LogP) is 0.727. The molecule has 134 valence electrons. The first-order valence-electron chi connectivity index (χ1n) is 8.98. The SMILES string of the molecule is O=C(O)C1CCC(C(=O)N2CCN(C(=O)C3CCCO3)CC2)CC1. The van der Waals surface area contributed by atoms with Crippen LogP contribution in [-0.4, -0.2) is 71.6 Å². The summed E-state index contributed by atoms with van der Waals surface area (Å²) in [4.78, 5) is 39.6. The van der Waals surface area contributed by atoms with Crippen LogP contribution < -0.4 is 0 Å². The number of ether oxygens (including phenoxy) is 1. The van der Waals surface area contributed by atoms with Crippen molar-refractivity contribution in [2.75, 3.05) is 32.8 Å². The second-order valence-corrected chi connectivity index (χ2v) is 7.04. The van der Waals surface area contributed by atoms with Crippen molar-refractivity contribution < 1.29 is 24.2 Å². The van der Waals surface area contributed by atoms with Crippen LogP contribution in [0.3, 0.4) is 0 Å². The molecule has 0 radical (unpaired) electrons. The Hall–Kier alpha value is -1.63. The third kappa shape index (κ3) is 3.71. The van der Waals surface area contributed by atoms with Crippen LogP contribution in [0.1, 0.15) is 38.5 Å². The molecule has 2 saturated heterocycles.